The van der Waals surface area contributed by atoms with Crippen molar-refractivity contribution in [2.45, 2.75) is 36.5 Å². The van der Waals surface area contributed by atoms with Gasteiger partial charge in [0.25, 0.3) is 0 Å². The van der Waals surface area contributed by atoms with Gasteiger partial charge >= 0.3 is 5.97 Å². The van der Waals surface area contributed by atoms with E-state index in [0.717, 1.165) is 11.1 Å². The molecule has 7 heteroatoms. The van der Waals surface area contributed by atoms with Crippen LogP contribution in [0.3, 0.4) is 0 Å². The first-order chi connectivity index (χ1) is 14.3. The van der Waals surface area contributed by atoms with Crippen molar-refractivity contribution in [3.05, 3.63) is 77.9 Å². The number of piperidine rings is 1. The van der Waals surface area contributed by atoms with Crippen molar-refractivity contribution in [1.29, 1.82) is 0 Å². The van der Waals surface area contributed by atoms with Gasteiger partial charge in [0.15, 0.2) is 0 Å². The van der Waals surface area contributed by atoms with Crippen LogP contribution in [-0.2, 0) is 14.8 Å². The molecule has 5 nitrogen and oxygen atoms in total. The zero-order valence-electron chi connectivity index (χ0n) is 17.2. The maximum absolute atomic E-state index is 13.7. The molecule has 1 heterocycles. The summed E-state index contributed by atoms with van der Waals surface area (Å²) in [5.41, 5.74) is 2.62. The molecule has 1 aliphatic heterocycles. The van der Waals surface area contributed by atoms with Crippen LogP contribution in [0, 0.1) is 19.8 Å². The van der Waals surface area contributed by atoms with E-state index < -0.39 is 28.0 Å². The molecular formula is C23H27NO4S2. The van der Waals surface area contributed by atoms with E-state index in [1.165, 1.54) is 16.1 Å². The van der Waals surface area contributed by atoms with E-state index in [0.29, 0.717) is 17.7 Å². The highest BCUT2D eigenvalue weighted by Crippen LogP contribution is 2.42. The predicted octanol–water partition coefficient (Wildman–Crippen LogP) is 4.43. The minimum Gasteiger partial charge on any atom is -0.481 e. The number of carbonyl (C=O) groups is 1. The summed E-state index contributed by atoms with van der Waals surface area (Å²) in [5, 5.41) is 9.65. The topological polar surface area (TPSA) is 74.7 Å². The van der Waals surface area contributed by atoms with E-state index in [1.54, 1.807) is 37.3 Å². The van der Waals surface area contributed by atoms with Crippen LogP contribution in [-0.4, -0.2) is 41.3 Å². The summed E-state index contributed by atoms with van der Waals surface area (Å²) in [6, 6.07) is 14.2. The number of hydrogen-bond donors (Lipinski definition) is 1. The molecule has 0 aliphatic carbocycles. The van der Waals surface area contributed by atoms with E-state index in [9.17, 15) is 18.3 Å². The predicted molar refractivity (Wildman–Crippen MR) is 121 cm³/mol. The Morgan fingerprint density at radius 2 is 1.87 bits per heavy atom. The first-order valence-corrected chi connectivity index (χ1v) is 12.3. The fraction of sp³-hybridized carbons (Fsp3) is 0.348. The maximum atomic E-state index is 13.7. The van der Waals surface area contributed by atoms with Gasteiger partial charge in [-0.2, -0.15) is 16.1 Å². The van der Waals surface area contributed by atoms with Crippen molar-refractivity contribution >= 4 is 27.8 Å². The number of carboxylic acid groups (broad SMARTS) is 1. The number of rotatable bonds is 7. The lowest BCUT2D eigenvalue weighted by atomic mass is 9.90. The van der Waals surface area contributed by atoms with Crippen LogP contribution in [0.2, 0.25) is 0 Å². The van der Waals surface area contributed by atoms with Gasteiger partial charge in [-0.25, -0.2) is 8.42 Å². The molecule has 3 atom stereocenters. The van der Waals surface area contributed by atoms with Crippen LogP contribution >= 0.6 is 11.8 Å². The molecule has 0 saturated carbocycles. The second-order valence-corrected chi connectivity index (χ2v) is 10.7. The highest BCUT2D eigenvalue weighted by molar-refractivity contribution is 8.00. The van der Waals surface area contributed by atoms with Crippen molar-refractivity contribution in [1.82, 2.24) is 4.31 Å². The average Bonchev–Trinajstić information content (AvgIpc) is 2.72. The van der Waals surface area contributed by atoms with Gasteiger partial charge in [-0.1, -0.05) is 54.1 Å². The Labute approximate surface area is 182 Å². The van der Waals surface area contributed by atoms with Crippen molar-refractivity contribution in [3.63, 3.8) is 0 Å². The third kappa shape index (κ3) is 4.63. The van der Waals surface area contributed by atoms with Crippen molar-refractivity contribution in [2.24, 2.45) is 5.92 Å². The molecule has 3 rings (SSSR count). The van der Waals surface area contributed by atoms with Crippen molar-refractivity contribution < 1.29 is 18.3 Å². The molecule has 1 fully saturated rings. The number of aryl methyl sites for hydroxylation is 2. The van der Waals surface area contributed by atoms with Crippen LogP contribution in [0.1, 0.15) is 29.2 Å². The van der Waals surface area contributed by atoms with Gasteiger partial charge in [0.2, 0.25) is 10.0 Å². The number of benzene rings is 2. The number of aliphatic carboxylic acids is 1. The first-order valence-electron chi connectivity index (χ1n) is 9.85. The lowest BCUT2D eigenvalue weighted by Gasteiger charge is -2.42. The second kappa shape index (κ2) is 9.37. The quantitative estimate of drug-likeness (QED) is 0.638. The van der Waals surface area contributed by atoms with Gasteiger partial charge in [-0.3, -0.25) is 4.79 Å². The zero-order chi connectivity index (χ0) is 21.9. The maximum Gasteiger partial charge on any atom is 0.308 e. The molecule has 160 valence electrons. The van der Waals surface area contributed by atoms with E-state index in [4.69, 9.17) is 0 Å². The molecule has 0 radical (unpaired) electrons. The molecule has 0 amide bonds. The molecular weight excluding hydrogens is 418 g/mol. The molecule has 1 N–H and O–H groups in total. The van der Waals surface area contributed by atoms with Crippen LogP contribution in [0.25, 0.3) is 0 Å². The molecule has 2 aromatic carbocycles. The van der Waals surface area contributed by atoms with E-state index in [1.807, 2.05) is 31.2 Å². The summed E-state index contributed by atoms with van der Waals surface area (Å²) >= 11 is 1.53. The summed E-state index contributed by atoms with van der Waals surface area (Å²) in [7, 11) is -3.87. The van der Waals surface area contributed by atoms with Crippen molar-refractivity contribution in [2.75, 3.05) is 12.3 Å². The molecule has 30 heavy (non-hydrogen) atoms. The van der Waals surface area contributed by atoms with Crippen LogP contribution in [0.4, 0.5) is 0 Å². The van der Waals surface area contributed by atoms with Gasteiger partial charge in [-0.15, -0.1) is 6.58 Å². The average molecular weight is 446 g/mol. The Hall–Kier alpha value is -2.09. The summed E-state index contributed by atoms with van der Waals surface area (Å²) in [5.74, 6) is -1.13. The van der Waals surface area contributed by atoms with Crippen LogP contribution in [0.5, 0.6) is 0 Å². The highest BCUT2D eigenvalue weighted by atomic mass is 32.2. The Morgan fingerprint density at radius 1 is 1.20 bits per heavy atom. The summed E-state index contributed by atoms with van der Waals surface area (Å²) in [6.45, 7) is 7.42. The number of carboxylic acids is 1. The monoisotopic (exact) mass is 445 g/mol. The Kier molecular flexibility index (Phi) is 7.06. The summed E-state index contributed by atoms with van der Waals surface area (Å²) in [6.07, 6.45) is 2.19. The number of nitrogens with zero attached hydrogens (tertiary/aromatic N) is 1. The molecule has 0 spiro atoms. The lowest BCUT2D eigenvalue weighted by molar-refractivity contribution is -0.143. The third-order valence-corrected chi connectivity index (χ3v) is 8.93. The fourth-order valence-corrected chi connectivity index (χ4v) is 6.90. The molecule has 1 aliphatic rings. The highest BCUT2D eigenvalue weighted by Gasteiger charge is 2.45. The van der Waals surface area contributed by atoms with Gasteiger partial charge in [0.1, 0.15) is 0 Å². The van der Waals surface area contributed by atoms with Crippen LogP contribution in [0.15, 0.2) is 66.1 Å². The molecule has 0 unspecified atom stereocenters. The third-order valence-electron chi connectivity index (χ3n) is 5.52. The normalized spacial score (nSPS) is 22.5. The molecule has 2 aromatic rings. The van der Waals surface area contributed by atoms with Gasteiger partial charge in [0.05, 0.1) is 16.9 Å². The first kappa shape index (κ1) is 22.6. The smallest absolute Gasteiger partial charge is 0.308 e. The van der Waals surface area contributed by atoms with Gasteiger partial charge in [0, 0.05) is 17.5 Å². The van der Waals surface area contributed by atoms with E-state index in [-0.39, 0.29) is 16.7 Å². The van der Waals surface area contributed by atoms with Gasteiger partial charge < -0.3 is 5.11 Å². The van der Waals surface area contributed by atoms with E-state index >= 15 is 0 Å². The Bertz CT molecular complexity index is 1020. The van der Waals surface area contributed by atoms with E-state index in [2.05, 4.69) is 6.58 Å². The Morgan fingerprint density at radius 3 is 2.47 bits per heavy atom. The molecule has 0 aromatic heterocycles. The number of sulfonamides is 1. The molecule has 0 bridgehead atoms. The SMILES string of the molecule is C=CCS[C@@H]1C[C@@H](c2ccc(C)cc2)N(S(=O)(=O)c2ccccc2C)C[C@H]1C(=O)O. The number of hydrogen-bond acceptors (Lipinski definition) is 4. The second-order valence-electron chi connectivity index (χ2n) is 7.61. The minimum atomic E-state index is -3.87. The Balaban J connectivity index is 2.08. The van der Waals surface area contributed by atoms with Crippen molar-refractivity contribution in [3.8, 4) is 0 Å². The zero-order valence-corrected chi connectivity index (χ0v) is 18.8. The lowest BCUT2D eigenvalue weighted by Crippen LogP contribution is -2.49. The standard InChI is InChI=1S/C23H27NO4S2/c1-4-13-29-21-14-20(18-11-9-16(2)10-12-18)24(15-19(21)23(25)26)30(27,28)22-8-6-5-7-17(22)3/h4-12,19-21H,1,13-15H2,2-3H3,(H,25,26)/t19-,20+,21-/m1/s1. The molecule has 1 saturated heterocycles. The largest absolute Gasteiger partial charge is 0.481 e. The van der Waals surface area contributed by atoms with Gasteiger partial charge in [-0.05, 0) is 37.5 Å². The van der Waals surface area contributed by atoms with Crippen LogP contribution < -0.4 is 0 Å². The summed E-state index contributed by atoms with van der Waals surface area (Å²) < 4.78 is 28.7. The fourth-order valence-electron chi connectivity index (χ4n) is 3.88. The minimum absolute atomic E-state index is 0.0562. The number of thioether (sulfide) groups is 1. The summed E-state index contributed by atoms with van der Waals surface area (Å²) in [4.78, 5) is 12.3.